The molecular formula is C19H19N5O3. The van der Waals surface area contributed by atoms with Crippen LogP contribution in [0.4, 0.5) is 5.82 Å². The fraction of sp³-hybridized carbons (Fsp3) is 0.263. The molecule has 1 aromatic carbocycles. The molecule has 2 aromatic heterocycles. The number of anilines is 1. The molecule has 138 valence electrons. The number of rotatable bonds is 5. The molecule has 1 fully saturated rings. The molecule has 0 aliphatic carbocycles. The third-order valence-electron chi connectivity index (χ3n) is 4.28. The molecule has 1 aliphatic heterocycles. The van der Waals surface area contributed by atoms with Crippen molar-refractivity contribution in [2.45, 2.75) is 18.9 Å². The van der Waals surface area contributed by atoms with E-state index in [9.17, 15) is 5.11 Å². The maximum Gasteiger partial charge on any atom is 0.238 e. The van der Waals surface area contributed by atoms with Crippen LogP contribution in [0.15, 0.2) is 55.0 Å². The van der Waals surface area contributed by atoms with Gasteiger partial charge in [0.25, 0.3) is 0 Å². The van der Waals surface area contributed by atoms with Crippen LogP contribution >= 0.6 is 0 Å². The molecule has 0 amide bonds. The highest BCUT2D eigenvalue weighted by molar-refractivity contribution is 5.40. The quantitative estimate of drug-likeness (QED) is 0.738. The summed E-state index contributed by atoms with van der Waals surface area (Å²) in [7, 11) is 0. The second-order valence-electron chi connectivity index (χ2n) is 6.17. The molecule has 0 atom stereocenters. The van der Waals surface area contributed by atoms with Crippen molar-refractivity contribution in [3.8, 4) is 23.3 Å². The van der Waals surface area contributed by atoms with E-state index in [-0.39, 0.29) is 11.9 Å². The topological polar surface area (TPSA) is 93.5 Å². The zero-order chi connectivity index (χ0) is 18.5. The molecular weight excluding hydrogens is 346 g/mol. The van der Waals surface area contributed by atoms with Crippen molar-refractivity contribution >= 4 is 5.82 Å². The maximum atomic E-state index is 9.30. The molecule has 0 radical (unpaired) electrons. The summed E-state index contributed by atoms with van der Waals surface area (Å²) in [5.74, 6) is 2.56. The molecule has 1 aliphatic rings. The van der Waals surface area contributed by atoms with E-state index >= 15 is 0 Å². The number of hydrogen-bond donors (Lipinski definition) is 1. The first-order valence-electron chi connectivity index (χ1n) is 8.74. The van der Waals surface area contributed by atoms with E-state index < -0.39 is 0 Å². The van der Waals surface area contributed by atoms with Gasteiger partial charge < -0.3 is 19.5 Å². The average Bonchev–Trinajstić information content (AvgIpc) is 2.72. The Hall–Kier alpha value is -3.42. The Kier molecular flexibility index (Phi) is 4.95. The molecule has 0 unspecified atom stereocenters. The van der Waals surface area contributed by atoms with Crippen LogP contribution in [0.1, 0.15) is 12.8 Å². The van der Waals surface area contributed by atoms with Gasteiger partial charge in [0.15, 0.2) is 5.82 Å². The molecule has 0 spiro atoms. The van der Waals surface area contributed by atoms with Crippen LogP contribution in [0.25, 0.3) is 0 Å². The van der Waals surface area contributed by atoms with Crippen LogP contribution in [0.3, 0.4) is 0 Å². The van der Waals surface area contributed by atoms with Crippen LogP contribution in [0.2, 0.25) is 0 Å². The summed E-state index contributed by atoms with van der Waals surface area (Å²) in [5.41, 5.74) is 0. The van der Waals surface area contributed by atoms with E-state index in [1.807, 2.05) is 6.07 Å². The van der Waals surface area contributed by atoms with E-state index in [1.54, 1.807) is 48.9 Å². The summed E-state index contributed by atoms with van der Waals surface area (Å²) >= 11 is 0. The Labute approximate surface area is 156 Å². The van der Waals surface area contributed by atoms with Crippen molar-refractivity contribution in [1.29, 1.82) is 0 Å². The van der Waals surface area contributed by atoms with Gasteiger partial charge in [0.2, 0.25) is 11.8 Å². The third kappa shape index (κ3) is 4.41. The second-order valence-corrected chi connectivity index (χ2v) is 6.17. The van der Waals surface area contributed by atoms with Crippen molar-refractivity contribution in [2.24, 2.45) is 0 Å². The highest BCUT2D eigenvalue weighted by Gasteiger charge is 2.22. The van der Waals surface area contributed by atoms with Gasteiger partial charge in [0.05, 0.1) is 6.20 Å². The first-order valence-corrected chi connectivity index (χ1v) is 8.74. The fourth-order valence-electron chi connectivity index (χ4n) is 2.89. The molecule has 3 heterocycles. The van der Waals surface area contributed by atoms with Gasteiger partial charge >= 0.3 is 0 Å². The molecule has 4 rings (SSSR count). The van der Waals surface area contributed by atoms with Gasteiger partial charge in [-0.2, -0.15) is 0 Å². The van der Waals surface area contributed by atoms with Gasteiger partial charge in [-0.25, -0.2) is 4.98 Å². The van der Waals surface area contributed by atoms with E-state index in [2.05, 4.69) is 25.1 Å². The molecule has 27 heavy (non-hydrogen) atoms. The van der Waals surface area contributed by atoms with Crippen LogP contribution in [-0.4, -0.2) is 44.5 Å². The molecule has 0 bridgehead atoms. The van der Waals surface area contributed by atoms with Crippen molar-refractivity contribution in [2.75, 3.05) is 18.0 Å². The van der Waals surface area contributed by atoms with Crippen molar-refractivity contribution in [3.63, 3.8) is 0 Å². The van der Waals surface area contributed by atoms with Crippen LogP contribution in [0, 0.1) is 0 Å². The van der Waals surface area contributed by atoms with E-state index in [1.165, 1.54) is 0 Å². The predicted octanol–water partition coefficient (Wildman–Crippen LogP) is 2.81. The SMILES string of the molecule is Oc1ccc(Oc2ccc(N3CCC(Oc4cnccn4)CC3)nn2)cc1. The smallest absolute Gasteiger partial charge is 0.238 e. The molecule has 1 N–H and O–H groups in total. The third-order valence-corrected chi connectivity index (χ3v) is 4.28. The second kappa shape index (κ2) is 7.86. The highest BCUT2D eigenvalue weighted by atomic mass is 16.5. The lowest BCUT2D eigenvalue weighted by atomic mass is 10.1. The summed E-state index contributed by atoms with van der Waals surface area (Å²) in [6.45, 7) is 1.66. The summed E-state index contributed by atoms with van der Waals surface area (Å²) < 4.78 is 11.5. The summed E-state index contributed by atoms with van der Waals surface area (Å²) in [6.07, 6.45) is 6.77. The van der Waals surface area contributed by atoms with Crippen molar-refractivity contribution in [3.05, 3.63) is 55.0 Å². The number of phenols is 1. The minimum Gasteiger partial charge on any atom is -0.508 e. The summed E-state index contributed by atoms with van der Waals surface area (Å²) in [6, 6.07) is 10.2. The average molecular weight is 365 g/mol. The molecule has 8 nitrogen and oxygen atoms in total. The van der Waals surface area contributed by atoms with E-state index in [0.29, 0.717) is 17.5 Å². The number of aromatic hydroxyl groups is 1. The lowest BCUT2D eigenvalue weighted by molar-refractivity contribution is 0.163. The zero-order valence-corrected chi connectivity index (χ0v) is 14.6. The van der Waals surface area contributed by atoms with Crippen LogP contribution < -0.4 is 14.4 Å². The number of piperidine rings is 1. The predicted molar refractivity (Wildman–Crippen MR) is 98.1 cm³/mol. The number of aromatic nitrogens is 4. The summed E-state index contributed by atoms with van der Waals surface area (Å²) in [5, 5.41) is 17.7. The summed E-state index contributed by atoms with van der Waals surface area (Å²) in [4.78, 5) is 10.3. The first-order chi connectivity index (χ1) is 13.3. The van der Waals surface area contributed by atoms with E-state index in [0.717, 1.165) is 31.7 Å². The standard InChI is InChI=1S/C19H19N5O3/c25-14-1-3-15(4-2-14)26-18-6-5-17(22-23-18)24-11-7-16(8-12-24)27-19-13-20-9-10-21-19/h1-6,9-10,13,16,25H,7-8,11-12H2. The van der Waals surface area contributed by atoms with Crippen LogP contribution in [0.5, 0.6) is 23.3 Å². The molecule has 8 heteroatoms. The lowest BCUT2D eigenvalue weighted by Crippen LogP contribution is -2.38. The van der Waals surface area contributed by atoms with Gasteiger partial charge in [0, 0.05) is 44.4 Å². The number of benzene rings is 1. The van der Waals surface area contributed by atoms with Gasteiger partial charge in [-0.15, -0.1) is 10.2 Å². The van der Waals surface area contributed by atoms with Gasteiger partial charge in [0.1, 0.15) is 17.6 Å². The zero-order valence-electron chi connectivity index (χ0n) is 14.6. The molecule has 1 saturated heterocycles. The van der Waals surface area contributed by atoms with Gasteiger partial charge in [-0.05, 0) is 30.3 Å². The first kappa shape index (κ1) is 17.0. The number of hydrogen-bond acceptors (Lipinski definition) is 8. The van der Waals surface area contributed by atoms with Crippen molar-refractivity contribution < 1.29 is 14.6 Å². The van der Waals surface area contributed by atoms with Gasteiger partial charge in [-0.3, -0.25) is 4.98 Å². The van der Waals surface area contributed by atoms with E-state index in [4.69, 9.17) is 9.47 Å². The Morgan fingerprint density at radius 2 is 1.74 bits per heavy atom. The Balaban J connectivity index is 1.31. The normalized spacial score (nSPS) is 14.7. The number of ether oxygens (including phenoxy) is 2. The van der Waals surface area contributed by atoms with Crippen LogP contribution in [-0.2, 0) is 0 Å². The molecule has 3 aromatic rings. The fourth-order valence-corrected chi connectivity index (χ4v) is 2.89. The number of phenolic OH excluding ortho intramolecular Hbond substituents is 1. The largest absolute Gasteiger partial charge is 0.508 e. The number of nitrogens with zero attached hydrogens (tertiary/aromatic N) is 5. The Morgan fingerprint density at radius 1 is 0.926 bits per heavy atom. The Bertz CT molecular complexity index is 851. The minimum absolute atomic E-state index is 0.128. The molecule has 0 saturated carbocycles. The maximum absolute atomic E-state index is 9.30. The van der Waals surface area contributed by atoms with Gasteiger partial charge in [-0.1, -0.05) is 0 Å². The lowest BCUT2D eigenvalue weighted by Gasteiger charge is -2.32. The highest BCUT2D eigenvalue weighted by Crippen LogP contribution is 2.24. The van der Waals surface area contributed by atoms with Crippen molar-refractivity contribution in [1.82, 2.24) is 20.2 Å². The Morgan fingerprint density at radius 3 is 2.41 bits per heavy atom. The monoisotopic (exact) mass is 365 g/mol. The minimum atomic E-state index is 0.128.